The lowest BCUT2D eigenvalue weighted by Gasteiger charge is -2.24. The second-order valence-corrected chi connectivity index (χ2v) is 5.76. The number of hydrogen-bond donors (Lipinski definition) is 2. The van der Waals surface area contributed by atoms with E-state index >= 15 is 0 Å². The molecule has 0 radical (unpaired) electrons. The quantitative estimate of drug-likeness (QED) is 0.764. The Morgan fingerprint density at radius 3 is 2.82 bits per heavy atom. The Bertz CT molecular complexity index is 308. The van der Waals surface area contributed by atoms with Crippen molar-refractivity contribution in [3.8, 4) is 0 Å². The summed E-state index contributed by atoms with van der Waals surface area (Å²) in [6.07, 6.45) is 7.24. The minimum atomic E-state index is 0.152. The molecule has 3 N–H and O–H groups in total. The van der Waals surface area contributed by atoms with E-state index in [1.807, 2.05) is 0 Å². The third-order valence-electron chi connectivity index (χ3n) is 4.73. The lowest BCUT2D eigenvalue weighted by Crippen LogP contribution is -2.45. The highest BCUT2D eigenvalue weighted by Gasteiger charge is 2.42. The molecule has 96 valence electrons. The van der Waals surface area contributed by atoms with Gasteiger partial charge in [0.05, 0.1) is 18.2 Å². The molecule has 0 spiro atoms. The Hall–Kier alpha value is -0.610. The van der Waals surface area contributed by atoms with Gasteiger partial charge in [0.2, 0.25) is 5.91 Å². The van der Waals surface area contributed by atoms with E-state index in [-0.39, 0.29) is 24.0 Å². The van der Waals surface area contributed by atoms with Crippen molar-refractivity contribution in [2.45, 2.75) is 56.8 Å². The molecular weight excluding hydrogens is 216 g/mol. The molecule has 1 saturated carbocycles. The minimum Gasteiger partial charge on any atom is -0.373 e. The molecule has 4 nitrogen and oxygen atoms in total. The summed E-state index contributed by atoms with van der Waals surface area (Å²) in [6.45, 7) is 0.644. The van der Waals surface area contributed by atoms with Gasteiger partial charge in [-0.15, -0.1) is 0 Å². The van der Waals surface area contributed by atoms with Gasteiger partial charge in [-0.05, 0) is 44.6 Å². The number of carbonyl (C=O) groups is 1. The molecule has 0 aromatic rings. The van der Waals surface area contributed by atoms with Crippen LogP contribution in [0.25, 0.3) is 0 Å². The summed E-state index contributed by atoms with van der Waals surface area (Å²) < 4.78 is 5.76. The van der Waals surface area contributed by atoms with Crippen LogP contribution in [-0.4, -0.2) is 30.7 Å². The van der Waals surface area contributed by atoms with Gasteiger partial charge in [0, 0.05) is 5.92 Å². The molecule has 2 aliphatic heterocycles. The number of hydrogen-bond acceptors (Lipinski definition) is 3. The first-order chi connectivity index (χ1) is 8.28. The van der Waals surface area contributed by atoms with Crippen LogP contribution < -0.4 is 11.1 Å². The van der Waals surface area contributed by atoms with Crippen LogP contribution in [0.15, 0.2) is 0 Å². The molecule has 0 aromatic heterocycles. The van der Waals surface area contributed by atoms with Crippen molar-refractivity contribution < 1.29 is 9.53 Å². The maximum absolute atomic E-state index is 12.2. The van der Waals surface area contributed by atoms with Gasteiger partial charge in [0.25, 0.3) is 0 Å². The van der Waals surface area contributed by atoms with E-state index in [1.54, 1.807) is 0 Å². The van der Waals surface area contributed by atoms with Crippen LogP contribution >= 0.6 is 0 Å². The van der Waals surface area contributed by atoms with E-state index in [2.05, 4.69) is 5.32 Å². The third kappa shape index (κ3) is 2.08. The standard InChI is InChI=1S/C13H22N2O2/c14-7-8-2-1-3-10(8)13(16)15-11-6-9-4-5-12(11)17-9/h8-12H,1-7,14H2,(H,15,16)/t8-,9-,10-,11-,12+/m1/s1. The van der Waals surface area contributed by atoms with Crippen LogP contribution in [0.3, 0.4) is 0 Å². The summed E-state index contributed by atoms with van der Waals surface area (Å²) in [5.74, 6) is 0.771. The lowest BCUT2D eigenvalue weighted by atomic mass is 9.92. The SMILES string of the molecule is NC[C@H]1CCC[C@H]1C(=O)N[C@@H]1C[C@H]2CC[C@@H]1O2. The van der Waals surface area contributed by atoms with E-state index in [4.69, 9.17) is 10.5 Å². The van der Waals surface area contributed by atoms with Gasteiger partial charge < -0.3 is 15.8 Å². The Kier molecular flexibility index (Phi) is 3.09. The topological polar surface area (TPSA) is 64.4 Å². The van der Waals surface area contributed by atoms with Crippen LogP contribution in [0.2, 0.25) is 0 Å². The van der Waals surface area contributed by atoms with Gasteiger partial charge in [0.1, 0.15) is 0 Å². The summed E-state index contributed by atoms with van der Waals surface area (Å²) in [5, 5.41) is 3.20. The van der Waals surface area contributed by atoms with Crippen LogP contribution in [0.5, 0.6) is 0 Å². The molecule has 1 amide bonds. The Morgan fingerprint density at radius 2 is 2.18 bits per heavy atom. The molecule has 1 aliphatic carbocycles. The van der Waals surface area contributed by atoms with Gasteiger partial charge in [0.15, 0.2) is 0 Å². The molecule has 5 atom stereocenters. The zero-order valence-corrected chi connectivity index (χ0v) is 10.2. The highest BCUT2D eigenvalue weighted by molar-refractivity contribution is 5.79. The second kappa shape index (κ2) is 4.58. The fraction of sp³-hybridized carbons (Fsp3) is 0.923. The molecule has 2 heterocycles. The number of rotatable bonds is 3. The number of fused-ring (bicyclic) bond motifs is 2. The van der Waals surface area contributed by atoms with Gasteiger partial charge >= 0.3 is 0 Å². The maximum Gasteiger partial charge on any atom is 0.223 e. The zero-order chi connectivity index (χ0) is 11.8. The smallest absolute Gasteiger partial charge is 0.223 e. The fourth-order valence-corrected chi connectivity index (χ4v) is 3.74. The molecule has 0 unspecified atom stereocenters. The average Bonchev–Trinajstić information content (AvgIpc) is 3.04. The van der Waals surface area contributed by atoms with Crippen LogP contribution in [0, 0.1) is 11.8 Å². The molecule has 3 aliphatic rings. The first kappa shape index (κ1) is 11.5. The van der Waals surface area contributed by atoms with Gasteiger partial charge in [-0.25, -0.2) is 0 Å². The van der Waals surface area contributed by atoms with E-state index in [9.17, 15) is 4.79 Å². The monoisotopic (exact) mass is 238 g/mol. The van der Waals surface area contributed by atoms with E-state index < -0.39 is 0 Å². The molecule has 2 bridgehead atoms. The predicted octanol–water partition coefficient (Wildman–Crippen LogP) is 0.798. The summed E-state index contributed by atoms with van der Waals surface area (Å²) >= 11 is 0. The Morgan fingerprint density at radius 1 is 1.29 bits per heavy atom. The molecule has 4 heteroatoms. The number of ether oxygens (including phenoxy) is 1. The van der Waals surface area contributed by atoms with E-state index in [0.29, 0.717) is 18.6 Å². The molecule has 0 aromatic carbocycles. The molecular formula is C13H22N2O2. The molecule has 3 rings (SSSR count). The van der Waals surface area contributed by atoms with Crippen molar-refractivity contribution in [1.82, 2.24) is 5.32 Å². The van der Waals surface area contributed by atoms with Crippen LogP contribution in [0.1, 0.15) is 38.5 Å². The van der Waals surface area contributed by atoms with Crippen molar-refractivity contribution >= 4 is 5.91 Å². The van der Waals surface area contributed by atoms with Crippen LogP contribution in [-0.2, 0) is 9.53 Å². The molecule has 17 heavy (non-hydrogen) atoms. The Labute approximate surface area is 102 Å². The zero-order valence-electron chi connectivity index (χ0n) is 10.2. The van der Waals surface area contributed by atoms with Crippen LogP contribution in [0.4, 0.5) is 0 Å². The summed E-state index contributed by atoms with van der Waals surface area (Å²) in [5.41, 5.74) is 5.73. The fourth-order valence-electron chi connectivity index (χ4n) is 3.74. The second-order valence-electron chi connectivity index (χ2n) is 5.76. The number of nitrogens with two attached hydrogens (primary N) is 1. The summed E-state index contributed by atoms with van der Waals surface area (Å²) in [7, 11) is 0. The largest absolute Gasteiger partial charge is 0.373 e. The highest BCUT2D eigenvalue weighted by Crippen LogP contribution is 2.36. The predicted molar refractivity (Wildman–Crippen MR) is 64.3 cm³/mol. The van der Waals surface area contributed by atoms with Crippen molar-refractivity contribution in [3.05, 3.63) is 0 Å². The molecule has 2 saturated heterocycles. The first-order valence-corrected chi connectivity index (χ1v) is 6.94. The minimum absolute atomic E-state index is 0.152. The van der Waals surface area contributed by atoms with Crippen molar-refractivity contribution in [2.24, 2.45) is 17.6 Å². The van der Waals surface area contributed by atoms with Crippen molar-refractivity contribution in [2.75, 3.05) is 6.54 Å². The summed E-state index contributed by atoms with van der Waals surface area (Å²) in [4.78, 5) is 12.2. The third-order valence-corrected chi connectivity index (χ3v) is 4.73. The van der Waals surface area contributed by atoms with E-state index in [0.717, 1.165) is 32.1 Å². The Balaban J connectivity index is 1.56. The van der Waals surface area contributed by atoms with Crippen molar-refractivity contribution in [1.29, 1.82) is 0 Å². The lowest BCUT2D eigenvalue weighted by molar-refractivity contribution is -0.127. The normalized spacial score (nSPS) is 44.2. The maximum atomic E-state index is 12.2. The number of amides is 1. The van der Waals surface area contributed by atoms with Gasteiger partial charge in [-0.3, -0.25) is 4.79 Å². The number of nitrogens with one attached hydrogen (secondary N) is 1. The van der Waals surface area contributed by atoms with Gasteiger partial charge in [-0.1, -0.05) is 6.42 Å². The average molecular weight is 238 g/mol. The first-order valence-electron chi connectivity index (χ1n) is 6.94. The van der Waals surface area contributed by atoms with Gasteiger partial charge in [-0.2, -0.15) is 0 Å². The highest BCUT2D eigenvalue weighted by atomic mass is 16.5. The summed E-state index contributed by atoms with van der Waals surface area (Å²) in [6, 6.07) is 0.264. The van der Waals surface area contributed by atoms with E-state index in [1.165, 1.54) is 6.42 Å². The van der Waals surface area contributed by atoms with Crippen molar-refractivity contribution in [3.63, 3.8) is 0 Å². The molecule has 3 fully saturated rings. The number of carbonyl (C=O) groups excluding carboxylic acids is 1.